The van der Waals surface area contributed by atoms with Crippen LogP contribution in [-0.2, 0) is 11.2 Å². The number of aliphatic hydroxyl groups is 1. The lowest BCUT2D eigenvalue weighted by molar-refractivity contribution is -0.385. The molecule has 1 rings (SSSR count). The average Bonchev–Trinajstić information content (AvgIpc) is 2.43. The van der Waals surface area contributed by atoms with Crippen molar-refractivity contribution in [3.8, 4) is 0 Å². The predicted molar refractivity (Wildman–Crippen MR) is 75.3 cm³/mol. The lowest BCUT2D eigenvalue weighted by Gasteiger charge is -2.08. The van der Waals surface area contributed by atoms with Crippen molar-refractivity contribution in [1.82, 2.24) is 5.32 Å². The van der Waals surface area contributed by atoms with E-state index in [2.05, 4.69) is 5.32 Å². The highest BCUT2D eigenvalue weighted by atomic mass is 16.6. The first-order valence-corrected chi connectivity index (χ1v) is 6.64. The number of hydrogen-bond acceptors (Lipinski definition) is 4. The van der Waals surface area contributed by atoms with E-state index >= 15 is 0 Å². The second-order valence-electron chi connectivity index (χ2n) is 4.84. The first kappa shape index (κ1) is 16.1. The van der Waals surface area contributed by atoms with Gasteiger partial charge in [-0.2, -0.15) is 0 Å². The largest absolute Gasteiger partial charge is 0.396 e. The van der Waals surface area contributed by atoms with E-state index in [0.29, 0.717) is 12.1 Å². The maximum absolute atomic E-state index is 11.7. The smallest absolute Gasteiger partial charge is 0.273 e. The Kier molecular flexibility index (Phi) is 6.66. The van der Waals surface area contributed by atoms with Gasteiger partial charge in [0.05, 0.1) is 11.3 Å². The lowest BCUT2D eigenvalue weighted by Crippen LogP contribution is -2.26. The van der Waals surface area contributed by atoms with Crippen molar-refractivity contribution < 1.29 is 14.8 Å². The van der Waals surface area contributed by atoms with Crippen LogP contribution in [-0.4, -0.2) is 29.1 Å². The van der Waals surface area contributed by atoms with Gasteiger partial charge in [0, 0.05) is 24.8 Å². The summed E-state index contributed by atoms with van der Waals surface area (Å²) < 4.78 is 0. The topological polar surface area (TPSA) is 92.5 Å². The molecule has 1 unspecified atom stereocenters. The van der Waals surface area contributed by atoms with Gasteiger partial charge in [0.25, 0.3) is 5.69 Å². The molecule has 1 aromatic carbocycles. The van der Waals surface area contributed by atoms with E-state index in [-0.39, 0.29) is 30.5 Å². The lowest BCUT2D eigenvalue weighted by atomic mass is 10.1. The molecule has 0 radical (unpaired) electrons. The molecule has 0 aromatic heterocycles. The number of benzene rings is 1. The Bertz CT molecular complexity index is 462. The molecule has 1 atom stereocenters. The first-order valence-electron chi connectivity index (χ1n) is 6.64. The SMILES string of the molecule is CC(CO)CCCNC(=O)Cc1ccccc1[N+](=O)[O-]. The number of nitrogens with zero attached hydrogens (tertiary/aromatic N) is 1. The molecule has 0 aliphatic heterocycles. The minimum absolute atomic E-state index is 0.00665. The summed E-state index contributed by atoms with van der Waals surface area (Å²) in [4.78, 5) is 22.1. The van der Waals surface area contributed by atoms with Gasteiger partial charge in [-0.15, -0.1) is 0 Å². The van der Waals surface area contributed by atoms with Gasteiger partial charge in [0.1, 0.15) is 0 Å². The number of carbonyl (C=O) groups excluding carboxylic acids is 1. The standard InChI is InChI=1S/C14H20N2O4/c1-11(10-17)5-4-8-15-14(18)9-12-6-2-3-7-13(12)16(19)20/h2-3,6-7,11,17H,4-5,8-10H2,1H3,(H,15,18). The number of nitro groups is 1. The van der Waals surface area contributed by atoms with Crippen molar-refractivity contribution in [2.45, 2.75) is 26.2 Å². The molecule has 0 spiro atoms. The van der Waals surface area contributed by atoms with Crippen LogP contribution in [0.3, 0.4) is 0 Å². The molecule has 0 aliphatic rings. The summed E-state index contributed by atoms with van der Waals surface area (Å²) in [7, 11) is 0. The zero-order chi connectivity index (χ0) is 15.0. The van der Waals surface area contributed by atoms with Gasteiger partial charge in [-0.25, -0.2) is 0 Å². The van der Waals surface area contributed by atoms with Crippen molar-refractivity contribution in [2.24, 2.45) is 5.92 Å². The van der Waals surface area contributed by atoms with Crippen LogP contribution in [0.1, 0.15) is 25.3 Å². The molecule has 0 fully saturated rings. The van der Waals surface area contributed by atoms with E-state index in [1.165, 1.54) is 6.07 Å². The number of nitro benzene ring substituents is 1. The Balaban J connectivity index is 2.41. The number of rotatable bonds is 8. The normalized spacial score (nSPS) is 11.9. The van der Waals surface area contributed by atoms with Crippen LogP contribution in [0.4, 0.5) is 5.69 Å². The Morgan fingerprint density at radius 3 is 2.80 bits per heavy atom. The maximum atomic E-state index is 11.7. The fraction of sp³-hybridized carbons (Fsp3) is 0.500. The van der Waals surface area contributed by atoms with Crippen LogP contribution in [0.5, 0.6) is 0 Å². The molecule has 1 amide bonds. The van der Waals surface area contributed by atoms with E-state index in [1.807, 2.05) is 6.92 Å². The maximum Gasteiger partial charge on any atom is 0.273 e. The fourth-order valence-electron chi connectivity index (χ4n) is 1.84. The fourth-order valence-corrected chi connectivity index (χ4v) is 1.84. The van der Waals surface area contributed by atoms with Crippen molar-refractivity contribution in [1.29, 1.82) is 0 Å². The highest BCUT2D eigenvalue weighted by Gasteiger charge is 2.15. The number of hydrogen-bond donors (Lipinski definition) is 2. The molecule has 0 aliphatic carbocycles. The van der Waals surface area contributed by atoms with Crippen molar-refractivity contribution in [3.63, 3.8) is 0 Å². The summed E-state index contributed by atoms with van der Waals surface area (Å²) in [6, 6.07) is 6.24. The van der Waals surface area contributed by atoms with Crippen LogP contribution in [0.2, 0.25) is 0 Å². The summed E-state index contributed by atoms with van der Waals surface area (Å²) in [5, 5.41) is 22.4. The third-order valence-corrected chi connectivity index (χ3v) is 3.05. The molecule has 2 N–H and O–H groups in total. The molecular formula is C14H20N2O4. The minimum Gasteiger partial charge on any atom is -0.396 e. The number of para-hydroxylation sites is 1. The van der Waals surface area contributed by atoms with E-state index in [1.54, 1.807) is 18.2 Å². The Hall–Kier alpha value is -1.95. The van der Waals surface area contributed by atoms with Gasteiger partial charge in [-0.05, 0) is 18.8 Å². The van der Waals surface area contributed by atoms with Crippen molar-refractivity contribution in [3.05, 3.63) is 39.9 Å². The summed E-state index contributed by atoms with van der Waals surface area (Å²) >= 11 is 0. The number of carbonyl (C=O) groups is 1. The van der Waals surface area contributed by atoms with E-state index < -0.39 is 4.92 Å². The molecular weight excluding hydrogens is 260 g/mol. The number of aliphatic hydroxyl groups excluding tert-OH is 1. The minimum atomic E-state index is -0.481. The van der Waals surface area contributed by atoms with Crippen LogP contribution < -0.4 is 5.32 Å². The molecule has 0 heterocycles. The van der Waals surface area contributed by atoms with Gasteiger partial charge < -0.3 is 10.4 Å². The van der Waals surface area contributed by atoms with Crippen LogP contribution in [0.15, 0.2) is 24.3 Å². The van der Waals surface area contributed by atoms with Gasteiger partial charge in [0.15, 0.2) is 0 Å². The van der Waals surface area contributed by atoms with Gasteiger partial charge >= 0.3 is 0 Å². The summed E-state index contributed by atoms with van der Waals surface area (Å²) in [5.74, 6) is -0.00179. The predicted octanol–water partition coefficient (Wildman–Crippen LogP) is 1.66. The van der Waals surface area contributed by atoms with E-state index in [4.69, 9.17) is 5.11 Å². The Morgan fingerprint density at radius 2 is 2.15 bits per heavy atom. The first-order chi connectivity index (χ1) is 9.54. The van der Waals surface area contributed by atoms with Crippen LogP contribution in [0, 0.1) is 16.0 Å². The molecule has 0 saturated heterocycles. The molecule has 1 aromatic rings. The van der Waals surface area contributed by atoms with Gasteiger partial charge in [0.2, 0.25) is 5.91 Å². The third-order valence-electron chi connectivity index (χ3n) is 3.05. The Morgan fingerprint density at radius 1 is 1.45 bits per heavy atom. The molecule has 110 valence electrons. The molecule has 0 bridgehead atoms. The highest BCUT2D eigenvalue weighted by Crippen LogP contribution is 2.17. The van der Waals surface area contributed by atoms with Crippen molar-refractivity contribution >= 4 is 11.6 Å². The van der Waals surface area contributed by atoms with Gasteiger partial charge in [-0.3, -0.25) is 14.9 Å². The van der Waals surface area contributed by atoms with E-state index in [0.717, 1.165) is 12.8 Å². The quantitative estimate of drug-likeness (QED) is 0.430. The second kappa shape index (κ2) is 8.27. The zero-order valence-corrected chi connectivity index (χ0v) is 11.5. The molecule has 6 nitrogen and oxygen atoms in total. The summed E-state index contributed by atoms with van der Waals surface area (Å²) in [5.41, 5.74) is 0.385. The third kappa shape index (κ3) is 5.36. The second-order valence-corrected chi connectivity index (χ2v) is 4.84. The molecule has 6 heteroatoms. The van der Waals surface area contributed by atoms with Crippen molar-refractivity contribution in [2.75, 3.05) is 13.2 Å². The highest BCUT2D eigenvalue weighted by molar-refractivity contribution is 5.79. The number of amides is 1. The summed E-state index contributed by atoms with van der Waals surface area (Å²) in [6.45, 7) is 2.60. The summed E-state index contributed by atoms with van der Waals surface area (Å²) in [6.07, 6.45) is 1.62. The van der Waals surface area contributed by atoms with E-state index in [9.17, 15) is 14.9 Å². The number of nitrogens with one attached hydrogen (secondary N) is 1. The van der Waals surface area contributed by atoms with Gasteiger partial charge in [-0.1, -0.05) is 25.1 Å². The van der Waals surface area contributed by atoms with Crippen LogP contribution >= 0.6 is 0 Å². The zero-order valence-electron chi connectivity index (χ0n) is 11.5. The molecule has 20 heavy (non-hydrogen) atoms. The Labute approximate surface area is 118 Å². The van der Waals surface area contributed by atoms with Crippen LogP contribution in [0.25, 0.3) is 0 Å². The monoisotopic (exact) mass is 280 g/mol. The molecule has 0 saturated carbocycles. The average molecular weight is 280 g/mol.